The monoisotopic (exact) mass is 347 g/mol. The van der Waals surface area contributed by atoms with Crippen LogP contribution in [0.4, 0.5) is 5.69 Å². The van der Waals surface area contributed by atoms with E-state index >= 15 is 0 Å². The van der Waals surface area contributed by atoms with E-state index in [0.717, 1.165) is 36.0 Å². The van der Waals surface area contributed by atoms with Crippen LogP contribution in [0, 0.1) is 0 Å². The van der Waals surface area contributed by atoms with Crippen molar-refractivity contribution in [2.45, 2.75) is 32.6 Å². The van der Waals surface area contributed by atoms with Crippen molar-refractivity contribution in [3.63, 3.8) is 0 Å². The number of hydrogen-bond donors (Lipinski definition) is 1. The van der Waals surface area contributed by atoms with Crippen LogP contribution in [0.2, 0.25) is 5.02 Å². The van der Waals surface area contributed by atoms with E-state index in [1.807, 2.05) is 25.1 Å². The zero-order valence-corrected chi connectivity index (χ0v) is 13.4. The number of benzene rings is 1. The van der Waals surface area contributed by atoms with Crippen LogP contribution < -0.4 is 5.32 Å². The molecule has 0 fully saturated rings. The van der Waals surface area contributed by atoms with Crippen LogP contribution in [0.15, 0.2) is 22.7 Å². The molecule has 3 nitrogen and oxygen atoms in total. The molecule has 19 heavy (non-hydrogen) atoms. The Labute approximate surface area is 127 Å². The van der Waals surface area contributed by atoms with E-state index in [-0.39, 0.29) is 5.97 Å². The van der Waals surface area contributed by atoms with Crippen molar-refractivity contribution in [1.82, 2.24) is 0 Å². The molecule has 1 aromatic carbocycles. The molecule has 0 amide bonds. The Bertz CT molecular complexity index is 412. The average Bonchev–Trinajstić information content (AvgIpc) is 2.38. The van der Waals surface area contributed by atoms with Crippen LogP contribution in [0.3, 0.4) is 0 Å². The predicted molar refractivity (Wildman–Crippen MR) is 82.7 cm³/mol. The van der Waals surface area contributed by atoms with E-state index in [9.17, 15) is 4.79 Å². The van der Waals surface area contributed by atoms with Crippen LogP contribution in [0.1, 0.15) is 32.6 Å². The highest BCUT2D eigenvalue weighted by atomic mass is 79.9. The van der Waals surface area contributed by atoms with Crippen LogP contribution in [0.5, 0.6) is 0 Å². The lowest BCUT2D eigenvalue weighted by Crippen LogP contribution is -2.05. The lowest BCUT2D eigenvalue weighted by atomic mass is 10.2. The summed E-state index contributed by atoms with van der Waals surface area (Å²) >= 11 is 9.40. The van der Waals surface area contributed by atoms with E-state index in [1.165, 1.54) is 0 Å². The van der Waals surface area contributed by atoms with E-state index in [1.54, 1.807) is 0 Å². The minimum absolute atomic E-state index is 0.104. The summed E-state index contributed by atoms with van der Waals surface area (Å²) in [5.41, 5.74) is 0.998. The first kappa shape index (κ1) is 16.3. The van der Waals surface area contributed by atoms with Gasteiger partial charge in [-0.15, -0.1) is 0 Å². The number of rotatable bonds is 8. The lowest BCUT2D eigenvalue weighted by molar-refractivity contribution is -0.143. The molecule has 0 spiro atoms. The van der Waals surface area contributed by atoms with Crippen molar-refractivity contribution in [3.8, 4) is 0 Å². The number of carbonyl (C=O) groups excluding carboxylic acids is 1. The minimum Gasteiger partial charge on any atom is -0.466 e. The number of hydrogen-bond acceptors (Lipinski definition) is 3. The normalized spacial score (nSPS) is 10.3. The molecule has 1 rings (SSSR count). The number of anilines is 1. The Morgan fingerprint density at radius 2 is 2.16 bits per heavy atom. The van der Waals surface area contributed by atoms with Gasteiger partial charge in [0.25, 0.3) is 0 Å². The van der Waals surface area contributed by atoms with Crippen molar-refractivity contribution in [2.75, 3.05) is 18.5 Å². The molecule has 0 unspecified atom stereocenters. The standard InChI is InChI=1S/C14H19BrClNO2/c1-2-19-14(18)6-4-3-5-9-17-13-10-11(16)7-8-12(13)15/h7-8,10,17H,2-6,9H2,1H3. The number of unbranched alkanes of at least 4 members (excludes halogenated alkanes) is 2. The molecule has 0 aliphatic rings. The van der Waals surface area contributed by atoms with Gasteiger partial charge in [-0.25, -0.2) is 0 Å². The van der Waals surface area contributed by atoms with Crippen molar-refractivity contribution in [2.24, 2.45) is 0 Å². The molecule has 1 N–H and O–H groups in total. The number of halogens is 2. The number of nitrogens with one attached hydrogen (secondary N) is 1. The second-order valence-electron chi connectivity index (χ2n) is 4.17. The summed E-state index contributed by atoms with van der Waals surface area (Å²) < 4.78 is 5.87. The quantitative estimate of drug-likeness (QED) is 0.549. The average molecular weight is 349 g/mol. The first-order valence-corrected chi connectivity index (χ1v) is 7.65. The van der Waals surface area contributed by atoms with Gasteiger partial charge in [0, 0.05) is 28.1 Å². The fourth-order valence-corrected chi connectivity index (χ4v) is 2.22. The fraction of sp³-hybridized carbons (Fsp3) is 0.500. The van der Waals surface area contributed by atoms with Gasteiger partial charge in [0.15, 0.2) is 0 Å². The van der Waals surface area contributed by atoms with Crippen molar-refractivity contribution in [3.05, 3.63) is 27.7 Å². The van der Waals surface area contributed by atoms with E-state index in [0.29, 0.717) is 18.1 Å². The molecular formula is C14H19BrClNO2. The van der Waals surface area contributed by atoms with Gasteiger partial charge < -0.3 is 10.1 Å². The Morgan fingerprint density at radius 3 is 2.89 bits per heavy atom. The molecular weight excluding hydrogens is 330 g/mol. The van der Waals surface area contributed by atoms with Gasteiger partial charge in [0.05, 0.1) is 6.61 Å². The van der Waals surface area contributed by atoms with Crippen LogP contribution in [0.25, 0.3) is 0 Å². The summed E-state index contributed by atoms with van der Waals surface area (Å²) in [6.07, 6.45) is 3.40. The van der Waals surface area contributed by atoms with Crippen LogP contribution in [-0.4, -0.2) is 19.1 Å². The van der Waals surface area contributed by atoms with Gasteiger partial charge in [-0.3, -0.25) is 4.79 Å². The maximum atomic E-state index is 11.1. The van der Waals surface area contributed by atoms with Gasteiger partial charge in [-0.1, -0.05) is 18.0 Å². The highest BCUT2D eigenvalue weighted by molar-refractivity contribution is 9.10. The summed E-state index contributed by atoms with van der Waals surface area (Å²) in [7, 11) is 0. The molecule has 0 heterocycles. The van der Waals surface area contributed by atoms with Gasteiger partial charge in [-0.05, 0) is 53.9 Å². The second kappa shape index (κ2) is 9.21. The van der Waals surface area contributed by atoms with Crippen molar-refractivity contribution in [1.29, 1.82) is 0 Å². The molecule has 0 aliphatic carbocycles. The Balaban J connectivity index is 2.14. The number of ether oxygens (including phenoxy) is 1. The smallest absolute Gasteiger partial charge is 0.305 e. The summed E-state index contributed by atoms with van der Waals surface area (Å²) in [5, 5.41) is 4.04. The SMILES string of the molecule is CCOC(=O)CCCCCNc1cc(Cl)ccc1Br. The molecule has 0 atom stereocenters. The van der Waals surface area contributed by atoms with E-state index in [2.05, 4.69) is 21.2 Å². The van der Waals surface area contributed by atoms with E-state index < -0.39 is 0 Å². The van der Waals surface area contributed by atoms with Crippen molar-refractivity contribution < 1.29 is 9.53 Å². The maximum Gasteiger partial charge on any atom is 0.305 e. The summed E-state index contributed by atoms with van der Waals surface area (Å²) in [5.74, 6) is -0.104. The third-order valence-corrected chi connectivity index (χ3v) is 3.53. The molecule has 1 aromatic rings. The maximum absolute atomic E-state index is 11.1. The topological polar surface area (TPSA) is 38.3 Å². The molecule has 0 radical (unpaired) electrons. The molecule has 0 saturated heterocycles. The minimum atomic E-state index is -0.104. The first-order chi connectivity index (χ1) is 9.13. The fourth-order valence-electron chi connectivity index (χ4n) is 1.66. The summed E-state index contributed by atoms with van der Waals surface area (Å²) in [6, 6.07) is 5.66. The molecule has 5 heteroatoms. The van der Waals surface area contributed by atoms with Crippen molar-refractivity contribution >= 4 is 39.2 Å². The molecule has 0 bridgehead atoms. The van der Waals surface area contributed by atoms with Crippen LogP contribution >= 0.6 is 27.5 Å². The zero-order valence-electron chi connectivity index (χ0n) is 11.0. The number of carbonyl (C=O) groups is 1. The first-order valence-electron chi connectivity index (χ1n) is 6.48. The summed E-state index contributed by atoms with van der Waals surface area (Å²) in [6.45, 7) is 3.15. The second-order valence-corrected chi connectivity index (χ2v) is 5.46. The number of esters is 1. The zero-order chi connectivity index (χ0) is 14.1. The van der Waals surface area contributed by atoms with Gasteiger partial charge >= 0.3 is 5.97 Å². The Hall–Kier alpha value is -0.740. The summed E-state index contributed by atoms with van der Waals surface area (Å²) in [4.78, 5) is 11.1. The van der Waals surface area contributed by atoms with Gasteiger partial charge in [0.1, 0.15) is 0 Å². The lowest BCUT2D eigenvalue weighted by Gasteiger charge is -2.08. The Kier molecular flexibility index (Phi) is 7.91. The largest absolute Gasteiger partial charge is 0.466 e. The third kappa shape index (κ3) is 6.83. The predicted octanol–water partition coefficient (Wildman–Crippen LogP) is 4.64. The highest BCUT2D eigenvalue weighted by Crippen LogP contribution is 2.25. The molecule has 0 aromatic heterocycles. The van der Waals surface area contributed by atoms with Gasteiger partial charge in [0.2, 0.25) is 0 Å². The Morgan fingerprint density at radius 1 is 1.37 bits per heavy atom. The van der Waals surface area contributed by atoms with E-state index in [4.69, 9.17) is 16.3 Å². The van der Waals surface area contributed by atoms with Crippen LogP contribution in [-0.2, 0) is 9.53 Å². The molecule has 106 valence electrons. The van der Waals surface area contributed by atoms with Gasteiger partial charge in [-0.2, -0.15) is 0 Å². The molecule has 0 saturated carbocycles. The molecule has 0 aliphatic heterocycles. The third-order valence-electron chi connectivity index (χ3n) is 2.61. The highest BCUT2D eigenvalue weighted by Gasteiger charge is 2.02.